The van der Waals surface area contributed by atoms with Gasteiger partial charge in [0.25, 0.3) is 0 Å². The van der Waals surface area contributed by atoms with Gasteiger partial charge in [-0.15, -0.1) is 0 Å². The summed E-state index contributed by atoms with van der Waals surface area (Å²) in [5, 5.41) is 5.46. The molecule has 0 radical (unpaired) electrons. The number of aromatic nitrogens is 4. The van der Waals surface area contributed by atoms with Crippen LogP contribution in [0.15, 0.2) is 60.9 Å². The molecule has 4 aromatic rings. The lowest BCUT2D eigenvalue weighted by Crippen LogP contribution is -2.70. The number of ether oxygens (including phenoxy) is 2. The van der Waals surface area contributed by atoms with Crippen molar-refractivity contribution in [1.82, 2.24) is 34.4 Å². The van der Waals surface area contributed by atoms with Crippen molar-refractivity contribution in [2.24, 2.45) is 0 Å². The number of anilines is 1. The number of likely N-dealkylation sites (tertiary alicyclic amines) is 3. The summed E-state index contributed by atoms with van der Waals surface area (Å²) in [6, 6.07) is 16.7. The number of hydrogen-bond acceptors (Lipinski definition) is 9. The topological polar surface area (TPSA) is 115 Å². The number of piperidine rings is 1. The molecule has 1 amide bonds. The molecule has 3 fully saturated rings. The maximum atomic E-state index is 16.0. The molecule has 5 heterocycles. The number of nitrogens with two attached hydrogens (primary N) is 1. The molecule has 2 atom stereocenters. The van der Waals surface area contributed by atoms with Gasteiger partial charge in [-0.05, 0) is 63.6 Å². The second-order valence-electron chi connectivity index (χ2n) is 13.9. The van der Waals surface area contributed by atoms with Crippen molar-refractivity contribution in [2.45, 2.75) is 56.7 Å². The van der Waals surface area contributed by atoms with Gasteiger partial charge >= 0.3 is 6.09 Å². The third-order valence-electron chi connectivity index (χ3n) is 9.04. The van der Waals surface area contributed by atoms with E-state index in [1.807, 2.05) is 59.5 Å². The van der Waals surface area contributed by atoms with Gasteiger partial charge in [-0.3, -0.25) is 9.80 Å². The molecule has 0 spiro atoms. The number of hydrogen-bond donors (Lipinski definition) is 1. The Morgan fingerprint density at radius 1 is 1.02 bits per heavy atom. The second-order valence-corrected chi connectivity index (χ2v) is 13.9. The van der Waals surface area contributed by atoms with Crippen molar-refractivity contribution in [3.63, 3.8) is 0 Å². The predicted molar refractivity (Wildman–Crippen MR) is 174 cm³/mol. The fourth-order valence-electron chi connectivity index (χ4n) is 6.75. The zero-order valence-corrected chi connectivity index (χ0v) is 26.9. The third kappa shape index (κ3) is 6.46. The number of benzene rings is 2. The van der Waals surface area contributed by atoms with Crippen LogP contribution >= 0.6 is 0 Å². The summed E-state index contributed by atoms with van der Waals surface area (Å²) < 4.78 is 44.2. The average Bonchev–Trinajstić information content (AvgIpc) is 3.38. The van der Waals surface area contributed by atoms with Crippen molar-refractivity contribution in [3.05, 3.63) is 60.9 Å². The maximum Gasteiger partial charge on any atom is 0.410 e. The Bertz CT molecular complexity index is 1730. The van der Waals surface area contributed by atoms with Gasteiger partial charge in [0, 0.05) is 44.3 Å². The van der Waals surface area contributed by atoms with Gasteiger partial charge in [0.2, 0.25) is 0 Å². The van der Waals surface area contributed by atoms with Crippen LogP contribution in [0.2, 0.25) is 0 Å². The Hall–Kier alpha value is -4.36. The molecule has 2 aromatic carbocycles. The van der Waals surface area contributed by atoms with E-state index in [-0.39, 0.29) is 38.0 Å². The molecule has 11 nitrogen and oxygen atoms in total. The van der Waals surface area contributed by atoms with Crippen LogP contribution in [0.3, 0.4) is 0 Å². The molecule has 0 aliphatic carbocycles. The summed E-state index contributed by atoms with van der Waals surface area (Å²) in [5.41, 5.74) is 6.15. The van der Waals surface area contributed by atoms with Crippen LogP contribution in [0.25, 0.3) is 22.3 Å². The largest absolute Gasteiger partial charge is 0.457 e. The summed E-state index contributed by atoms with van der Waals surface area (Å²) >= 11 is 0. The number of nitrogen functional groups attached to an aromatic ring is 1. The first-order chi connectivity index (χ1) is 22.4. The highest BCUT2D eigenvalue weighted by atomic mass is 19.1. The number of halogens is 2. The van der Waals surface area contributed by atoms with Gasteiger partial charge in [-0.1, -0.05) is 18.2 Å². The van der Waals surface area contributed by atoms with Crippen molar-refractivity contribution in [2.75, 3.05) is 51.5 Å². The van der Waals surface area contributed by atoms with Crippen molar-refractivity contribution >= 4 is 22.9 Å². The molecule has 3 aliphatic heterocycles. The lowest BCUT2D eigenvalue weighted by atomic mass is 9.92. The zero-order chi connectivity index (χ0) is 32.9. The van der Waals surface area contributed by atoms with Gasteiger partial charge < -0.3 is 20.1 Å². The van der Waals surface area contributed by atoms with Gasteiger partial charge in [0.1, 0.15) is 41.1 Å². The quantitative estimate of drug-likeness (QED) is 0.293. The first-order valence-electron chi connectivity index (χ1n) is 16.0. The summed E-state index contributed by atoms with van der Waals surface area (Å²) in [5.74, 6) is 1.70. The normalized spacial score (nSPS) is 22.1. The molecule has 3 aliphatic rings. The smallest absolute Gasteiger partial charge is 0.410 e. The summed E-state index contributed by atoms with van der Waals surface area (Å²) in [6.45, 7) is 7.94. The minimum atomic E-state index is -1.45. The number of carbonyl (C=O) groups excluding carboxylic acids is 1. The van der Waals surface area contributed by atoms with E-state index in [0.717, 1.165) is 11.3 Å². The Morgan fingerprint density at radius 3 is 2.40 bits per heavy atom. The first kappa shape index (κ1) is 31.3. The average molecular weight is 647 g/mol. The van der Waals surface area contributed by atoms with Crippen LogP contribution in [0.5, 0.6) is 11.5 Å². The molecule has 7 rings (SSSR count). The summed E-state index contributed by atoms with van der Waals surface area (Å²) in [6.07, 6.45) is 0.253. The lowest BCUT2D eigenvalue weighted by molar-refractivity contribution is -0.0874. The monoisotopic (exact) mass is 646 g/mol. The van der Waals surface area contributed by atoms with Crippen LogP contribution in [0.1, 0.15) is 33.2 Å². The Balaban J connectivity index is 0.976. The number of rotatable bonds is 7. The van der Waals surface area contributed by atoms with E-state index in [0.29, 0.717) is 48.5 Å². The molecule has 2 N–H and O–H groups in total. The van der Waals surface area contributed by atoms with Crippen LogP contribution in [0, 0.1) is 0 Å². The van der Waals surface area contributed by atoms with E-state index >= 15 is 8.78 Å². The number of amides is 1. The Morgan fingerprint density at radius 2 is 1.72 bits per heavy atom. The molecule has 248 valence electrons. The van der Waals surface area contributed by atoms with Crippen LogP contribution in [0.4, 0.5) is 19.4 Å². The Kier molecular flexibility index (Phi) is 7.99. The highest BCUT2D eigenvalue weighted by Gasteiger charge is 2.50. The van der Waals surface area contributed by atoms with E-state index in [9.17, 15) is 4.79 Å². The summed E-state index contributed by atoms with van der Waals surface area (Å²) in [7, 11) is 0. The molecule has 47 heavy (non-hydrogen) atoms. The molecule has 0 unspecified atom stereocenters. The molecular weight excluding hydrogens is 606 g/mol. The fraction of sp³-hybridized carbons (Fsp3) is 0.471. The van der Waals surface area contributed by atoms with E-state index < -0.39 is 29.6 Å². The standard InChI is InChI=1S/C34H40F2N8O3/c1-33(2,3)47-32(45)43-19-34(36,20-43)18-41-15-23(16-41)42-14-13-27(26(35)17-42)44-31-28(30(37)38-21-39-31)29(40-44)22-9-11-25(12-10-22)46-24-7-5-4-6-8-24/h4-12,21,23,26-27H,13-20H2,1-3H3,(H2,37,38,39)/t26-,27+/m1/s1. The van der Waals surface area contributed by atoms with E-state index in [2.05, 4.69) is 14.9 Å². The summed E-state index contributed by atoms with van der Waals surface area (Å²) in [4.78, 5) is 26.5. The number of para-hydroxylation sites is 1. The number of nitrogens with zero attached hydrogens (tertiary/aromatic N) is 7. The predicted octanol–water partition coefficient (Wildman–Crippen LogP) is 5.10. The minimum absolute atomic E-state index is 0.0283. The van der Waals surface area contributed by atoms with Gasteiger partial charge in [-0.25, -0.2) is 28.2 Å². The van der Waals surface area contributed by atoms with Gasteiger partial charge in [-0.2, -0.15) is 5.10 Å². The number of fused-ring (bicyclic) bond motifs is 1. The van der Waals surface area contributed by atoms with Crippen molar-refractivity contribution < 1.29 is 23.0 Å². The molecule has 13 heteroatoms. The Labute approximate surface area is 272 Å². The highest BCUT2D eigenvalue weighted by Crippen LogP contribution is 2.37. The van der Waals surface area contributed by atoms with Crippen molar-refractivity contribution in [1.29, 1.82) is 0 Å². The maximum absolute atomic E-state index is 16.0. The van der Waals surface area contributed by atoms with E-state index in [1.165, 1.54) is 11.2 Å². The van der Waals surface area contributed by atoms with E-state index in [4.69, 9.17) is 20.3 Å². The van der Waals surface area contributed by atoms with Crippen LogP contribution in [-0.4, -0.2) is 110 Å². The molecule has 3 saturated heterocycles. The van der Waals surface area contributed by atoms with Gasteiger partial charge in [0.05, 0.1) is 24.5 Å². The fourth-order valence-corrected chi connectivity index (χ4v) is 6.75. The second kappa shape index (κ2) is 12.0. The van der Waals surface area contributed by atoms with Gasteiger partial charge in [0.15, 0.2) is 11.3 Å². The molecule has 0 saturated carbocycles. The SMILES string of the molecule is CC(C)(C)OC(=O)N1CC(F)(CN2CC(N3CC[C@H](n4nc(-c5ccc(Oc6ccccc6)cc5)c5c(N)ncnc54)[C@H](F)C3)C2)C1. The molecule has 0 bridgehead atoms. The van der Waals surface area contributed by atoms with Crippen LogP contribution < -0.4 is 10.5 Å². The molecule has 2 aromatic heterocycles. The minimum Gasteiger partial charge on any atom is -0.457 e. The zero-order valence-electron chi connectivity index (χ0n) is 26.9. The van der Waals surface area contributed by atoms with E-state index in [1.54, 1.807) is 25.5 Å². The molecular formula is C34H40F2N8O3. The lowest BCUT2D eigenvalue weighted by Gasteiger charge is -2.52. The van der Waals surface area contributed by atoms with Crippen molar-refractivity contribution in [3.8, 4) is 22.8 Å². The number of alkyl halides is 2. The highest BCUT2D eigenvalue weighted by molar-refractivity contribution is 5.98. The number of carbonyl (C=O) groups is 1. The third-order valence-corrected chi connectivity index (χ3v) is 9.04. The van der Waals surface area contributed by atoms with Crippen LogP contribution in [-0.2, 0) is 4.74 Å². The first-order valence-corrected chi connectivity index (χ1v) is 16.0.